The van der Waals surface area contributed by atoms with E-state index in [2.05, 4.69) is 59.9 Å². The molecule has 2 aliphatic rings. The molecule has 10 heteroatoms. The first-order chi connectivity index (χ1) is 17.2. The van der Waals surface area contributed by atoms with Crippen molar-refractivity contribution in [2.24, 2.45) is 0 Å². The zero-order valence-corrected chi connectivity index (χ0v) is 20.8. The van der Waals surface area contributed by atoms with Gasteiger partial charge < -0.3 is 9.42 Å². The summed E-state index contributed by atoms with van der Waals surface area (Å²) in [5.41, 5.74) is 3.54. The number of nitrogens with zero attached hydrogens (tertiary/aromatic N) is 6. The SMILES string of the molecule is CC(C)=CCN(CC=C(C)C)Cc1nc(-c2ncn3c2[C@@H]2CCN2C(=O)c2c-3ccc(F)c2F)no1. The molecule has 0 radical (unpaired) electrons. The second-order valence-electron chi connectivity index (χ2n) is 9.68. The minimum Gasteiger partial charge on any atom is -0.337 e. The number of imidazole rings is 1. The van der Waals surface area contributed by atoms with E-state index in [1.54, 1.807) is 4.57 Å². The van der Waals surface area contributed by atoms with E-state index in [9.17, 15) is 13.6 Å². The standard InChI is InChI=1S/C26H28F2N6O2/c1-15(2)7-10-32(11-8-16(3)4)13-20-30-25(31-36-20)23-24-19-9-12-33(19)26(35)21-18(34(24)14-29-23)6-5-17(27)22(21)28/h5-8,14,19H,9-13H2,1-4H3/t19-/m0/s1. The van der Waals surface area contributed by atoms with E-state index in [-0.39, 0.29) is 17.3 Å². The smallest absolute Gasteiger partial charge is 0.259 e. The lowest BCUT2D eigenvalue weighted by molar-refractivity contribution is 0.0456. The molecule has 1 amide bonds. The van der Waals surface area contributed by atoms with Crippen LogP contribution < -0.4 is 0 Å². The molecule has 3 aromatic rings. The van der Waals surface area contributed by atoms with E-state index >= 15 is 0 Å². The molecule has 1 saturated heterocycles. The Hall–Kier alpha value is -3.66. The van der Waals surface area contributed by atoms with Crippen molar-refractivity contribution < 1.29 is 18.1 Å². The van der Waals surface area contributed by atoms with Crippen LogP contribution in [0.25, 0.3) is 17.2 Å². The molecule has 2 aliphatic heterocycles. The van der Waals surface area contributed by atoms with Crippen molar-refractivity contribution in [2.45, 2.75) is 46.7 Å². The van der Waals surface area contributed by atoms with Crippen molar-refractivity contribution in [3.63, 3.8) is 0 Å². The van der Waals surface area contributed by atoms with Crippen LogP contribution in [0.5, 0.6) is 0 Å². The van der Waals surface area contributed by atoms with E-state index < -0.39 is 17.5 Å². The Morgan fingerprint density at radius 2 is 1.89 bits per heavy atom. The molecule has 0 N–H and O–H groups in total. The van der Waals surface area contributed by atoms with Crippen LogP contribution in [-0.4, -0.2) is 55.0 Å². The summed E-state index contributed by atoms with van der Waals surface area (Å²) in [5, 5.41) is 4.17. The zero-order chi connectivity index (χ0) is 25.6. The molecule has 2 aromatic heterocycles. The molecular formula is C26H28F2N6O2. The fraction of sp³-hybridized carbons (Fsp3) is 0.385. The second-order valence-corrected chi connectivity index (χ2v) is 9.68. The fourth-order valence-electron chi connectivity index (χ4n) is 4.48. The third-order valence-electron chi connectivity index (χ3n) is 6.50. The molecule has 36 heavy (non-hydrogen) atoms. The van der Waals surface area contributed by atoms with E-state index in [1.165, 1.54) is 28.4 Å². The summed E-state index contributed by atoms with van der Waals surface area (Å²) in [6.07, 6.45) is 6.47. The molecule has 1 fully saturated rings. The predicted molar refractivity (Wildman–Crippen MR) is 129 cm³/mol. The Bertz CT molecular complexity index is 1360. The maximum atomic E-state index is 14.7. The van der Waals surface area contributed by atoms with Crippen LogP contribution in [0.2, 0.25) is 0 Å². The summed E-state index contributed by atoms with van der Waals surface area (Å²) in [7, 11) is 0. The highest BCUT2D eigenvalue weighted by molar-refractivity contribution is 5.99. The Kier molecular flexibility index (Phi) is 6.29. The van der Waals surface area contributed by atoms with Crippen molar-refractivity contribution in [2.75, 3.05) is 19.6 Å². The zero-order valence-electron chi connectivity index (χ0n) is 20.8. The van der Waals surface area contributed by atoms with E-state index in [1.807, 2.05) is 0 Å². The van der Waals surface area contributed by atoms with Gasteiger partial charge in [0.25, 0.3) is 5.91 Å². The first-order valence-electron chi connectivity index (χ1n) is 11.9. The summed E-state index contributed by atoms with van der Waals surface area (Å²) < 4.78 is 35.9. The largest absolute Gasteiger partial charge is 0.337 e. The lowest BCUT2D eigenvalue weighted by Gasteiger charge is -2.39. The van der Waals surface area contributed by atoms with Gasteiger partial charge in [-0.25, -0.2) is 13.8 Å². The molecule has 1 atom stereocenters. The van der Waals surface area contributed by atoms with E-state index in [0.717, 1.165) is 19.2 Å². The normalized spacial score (nSPS) is 16.1. The molecule has 0 aliphatic carbocycles. The van der Waals surface area contributed by atoms with Crippen molar-refractivity contribution in [1.82, 2.24) is 29.5 Å². The highest BCUT2D eigenvalue weighted by Crippen LogP contribution is 2.43. The summed E-state index contributed by atoms with van der Waals surface area (Å²) in [4.78, 5) is 25.9. The number of hydrogen-bond donors (Lipinski definition) is 0. The van der Waals surface area contributed by atoms with Crippen molar-refractivity contribution >= 4 is 5.91 Å². The Labute approximate surface area is 207 Å². The number of amides is 1. The molecule has 0 spiro atoms. The van der Waals surface area contributed by atoms with Crippen LogP contribution >= 0.6 is 0 Å². The molecule has 0 saturated carbocycles. The summed E-state index contributed by atoms with van der Waals surface area (Å²) in [6, 6.07) is 2.09. The molecule has 188 valence electrons. The van der Waals surface area contributed by atoms with Gasteiger partial charge in [-0.1, -0.05) is 28.5 Å². The number of rotatable bonds is 7. The van der Waals surface area contributed by atoms with Crippen LogP contribution in [0, 0.1) is 11.6 Å². The van der Waals surface area contributed by atoms with E-state index in [4.69, 9.17) is 4.52 Å². The summed E-state index contributed by atoms with van der Waals surface area (Å²) in [6.45, 7) is 10.6. The molecule has 8 nitrogen and oxygen atoms in total. The van der Waals surface area contributed by atoms with Crippen LogP contribution in [0.4, 0.5) is 8.78 Å². The topological polar surface area (TPSA) is 80.3 Å². The summed E-state index contributed by atoms with van der Waals surface area (Å²) >= 11 is 0. The number of carbonyl (C=O) groups is 1. The molecule has 4 heterocycles. The number of benzene rings is 1. The highest BCUT2D eigenvalue weighted by Gasteiger charge is 2.43. The van der Waals surface area contributed by atoms with Crippen LogP contribution in [0.15, 0.2) is 46.3 Å². The number of fused-ring (bicyclic) bond motifs is 5. The van der Waals surface area contributed by atoms with Gasteiger partial charge in [0, 0.05) is 19.6 Å². The second kappa shape index (κ2) is 9.42. The Morgan fingerprint density at radius 3 is 2.53 bits per heavy atom. The van der Waals surface area contributed by atoms with Gasteiger partial charge in [0.1, 0.15) is 17.6 Å². The lowest BCUT2D eigenvalue weighted by Crippen LogP contribution is -2.45. The van der Waals surface area contributed by atoms with Gasteiger partial charge in [0.15, 0.2) is 11.6 Å². The first kappa shape index (κ1) is 24.1. The molecule has 5 rings (SSSR count). The lowest BCUT2D eigenvalue weighted by atomic mass is 9.97. The van der Waals surface area contributed by atoms with Crippen LogP contribution in [0.1, 0.15) is 62.1 Å². The average Bonchev–Trinajstić information content (AvgIpc) is 3.42. The maximum Gasteiger partial charge on any atom is 0.259 e. The van der Waals surface area contributed by atoms with E-state index in [0.29, 0.717) is 42.6 Å². The Morgan fingerprint density at radius 1 is 1.17 bits per heavy atom. The highest BCUT2D eigenvalue weighted by atomic mass is 19.2. The van der Waals surface area contributed by atoms with Gasteiger partial charge in [-0.05, 0) is 46.2 Å². The van der Waals surface area contributed by atoms with Gasteiger partial charge in [0.05, 0.1) is 24.0 Å². The van der Waals surface area contributed by atoms with Gasteiger partial charge in [-0.2, -0.15) is 4.98 Å². The molecule has 1 aromatic carbocycles. The number of aromatic nitrogens is 4. The first-order valence-corrected chi connectivity index (χ1v) is 11.9. The van der Waals surface area contributed by atoms with Crippen molar-refractivity contribution in [3.05, 3.63) is 70.5 Å². The number of hydrogen-bond acceptors (Lipinski definition) is 6. The number of carbonyl (C=O) groups excluding carboxylic acids is 1. The van der Waals surface area contributed by atoms with Crippen LogP contribution in [-0.2, 0) is 6.54 Å². The van der Waals surface area contributed by atoms with Crippen LogP contribution in [0.3, 0.4) is 0 Å². The molecule has 0 bridgehead atoms. The average molecular weight is 495 g/mol. The maximum absolute atomic E-state index is 14.7. The number of allylic oxidation sites excluding steroid dienone is 2. The summed E-state index contributed by atoms with van der Waals surface area (Å²) in [5.74, 6) is -2.00. The van der Waals surface area contributed by atoms with Crippen molar-refractivity contribution in [3.8, 4) is 17.2 Å². The van der Waals surface area contributed by atoms with Gasteiger partial charge in [-0.3, -0.25) is 14.3 Å². The third-order valence-corrected chi connectivity index (χ3v) is 6.50. The number of halogens is 2. The van der Waals surface area contributed by atoms with Gasteiger partial charge in [-0.15, -0.1) is 0 Å². The minimum absolute atomic E-state index is 0.250. The monoisotopic (exact) mass is 494 g/mol. The Balaban J connectivity index is 1.49. The quantitative estimate of drug-likeness (QED) is 0.438. The van der Waals surface area contributed by atoms with Crippen molar-refractivity contribution in [1.29, 1.82) is 0 Å². The van der Waals surface area contributed by atoms with Gasteiger partial charge >= 0.3 is 0 Å². The third kappa shape index (κ3) is 4.26. The molecular weight excluding hydrogens is 466 g/mol. The fourth-order valence-corrected chi connectivity index (χ4v) is 4.48. The van der Waals surface area contributed by atoms with Gasteiger partial charge in [0.2, 0.25) is 11.7 Å². The minimum atomic E-state index is -1.15. The predicted octanol–water partition coefficient (Wildman–Crippen LogP) is 4.84. The molecule has 0 unspecified atom stereocenters.